The predicted molar refractivity (Wildman–Crippen MR) is 175 cm³/mol. The lowest BCUT2D eigenvalue weighted by Gasteiger charge is -2.31. The van der Waals surface area contributed by atoms with Crippen molar-refractivity contribution in [3.05, 3.63) is 109 Å². The number of thiazole rings is 1. The van der Waals surface area contributed by atoms with Crippen molar-refractivity contribution in [3.63, 3.8) is 0 Å². The van der Waals surface area contributed by atoms with E-state index in [1.165, 1.54) is 21.2 Å². The van der Waals surface area contributed by atoms with Gasteiger partial charge in [-0.05, 0) is 65.4 Å². The van der Waals surface area contributed by atoms with Gasteiger partial charge in [0.2, 0.25) is 17.7 Å². The van der Waals surface area contributed by atoms with Gasteiger partial charge < -0.3 is 5.32 Å². The zero-order valence-electron chi connectivity index (χ0n) is 24.1. The average molecular weight is 677 g/mol. The van der Waals surface area contributed by atoms with Crippen molar-refractivity contribution < 1.29 is 14.4 Å². The molecular formula is C33H30BrN3O4S2. The number of fused-ring (bicyclic) bond motifs is 2. The van der Waals surface area contributed by atoms with Crippen LogP contribution < -0.4 is 15.1 Å². The number of rotatable bonds is 5. The minimum atomic E-state index is -0.740. The predicted octanol–water partition coefficient (Wildman–Crippen LogP) is 6.71. The molecule has 4 aromatic rings. The average Bonchev–Trinajstić information content (AvgIpc) is 3.39. The lowest BCUT2D eigenvalue weighted by atomic mass is 9.81. The topological polar surface area (TPSA) is 88.5 Å². The third-order valence-electron chi connectivity index (χ3n) is 7.87. The minimum Gasteiger partial charge on any atom is -0.325 e. The molecular weight excluding hydrogens is 646 g/mol. The molecule has 2 aliphatic heterocycles. The summed E-state index contributed by atoms with van der Waals surface area (Å²) in [6, 6.07) is 22.7. The molecule has 6 rings (SSSR count). The van der Waals surface area contributed by atoms with Crippen molar-refractivity contribution in [2.24, 2.45) is 5.92 Å². The van der Waals surface area contributed by atoms with E-state index in [1.807, 2.05) is 37.3 Å². The summed E-state index contributed by atoms with van der Waals surface area (Å²) in [4.78, 5) is 56.2. The molecule has 10 heteroatoms. The first-order valence-corrected chi connectivity index (χ1v) is 16.4. The number of aromatic nitrogens is 1. The Morgan fingerprint density at radius 1 is 0.953 bits per heavy atom. The molecule has 3 unspecified atom stereocenters. The Bertz CT molecular complexity index is 1810. The molecule has 0 spiro atoms. The van der Waals surface area contributed by atoms with E-state index in [-0.39, 0.29) is 34.6 Å². The summed E-state index contributed by atoms with van der Waals surface area (Å²) in [5.41, 5.74) is 4.10. The molecule has 220 valence electrons. The molecule has 1 N–H and O–H groups in total. The van der Waals surface area contributed by atoms with Crippen LogP contribution in [0.4, 0.5) is 11.4 Å². The van der Waals surface area contributed by atoms with Gasteiger partial charge in [-0.15, -0.1) is 0 Å². The molecule has 43 heavy (non-hydrogen) atoms. The van der Waals surface area contributed by atoms with Crippen molar-refractivity contribution in [3.8, 4) is 0 Å². The molecule has 1 aromatic heterocycles. The second-order valence-electron chi connectivity index (χ2n) is 11.9. The van der Waals surface area contributed by atoms with Gasteiger partial charge >= 0.3 is 4.87 Å². The summed E-state index contributed by atoms with van der Waals surface area (Å²) in [6.07, 6.45) is 0. The highest BCUT2D eigenvalue weighted by Gasteiger charge is 2.56. The normalized spacial score (nSPS) is 19.7. The van der Waals surface area contributed by atoms with E-state index >= 15 is 0 Å². The fourth-order valence-corrected chi connectivity index (χ4v) is 8.75. The summed E-state index contributed by atoms with van der Waals surface area (Å²) < 4.78 is 2.29. The molecule has 1 fully saturated rings. The molecule has 3 atom stereocenters. The first-order chi connectivity index (χ1) is 20.4. The van der Waals surface area contributed by atoms with Gasteiger partial charge in [-0.1, -0.05) is 96.2 Å². The standard InChI is InChI=1S/C33H30BrN3O4S2/c1-18-6-5-7-22(16-18)35-24(38)17-36-31-28(43-32(36)41)25(19-8-10-20(11-9-19)33(2,3)4)26-27(42-31)30(40)37(29(26)39)23-14-12-21(34)13-15-23/h5-16,25-27H,17H2,1-4H3,(H,35,38). The fourth-order valence-electron chi connectivity index (χ4n) is 5.72. The quantitative estimate of drug-likeness (QED) is 0.238. The second-order valence-corrected chi connectivity index (χ2v) is 15.0. The molecule has 3 aromatic carbocycles. The Morgan fingerprint density at radius 2 is 1.65 bits per heavy atom. The Kier molecular flexibility index (Phi) is 7.73. The van der Waals surface area contributed by atoms with E-state index < -0.39 is 17.1 Å². The summed E-state index contributed by atoms with van der Waals surface area (Å²) in [6.45, 7) is 8.15. The molecule has 3 heterocycles. The third-order valence-corrected chi connectivity index (χ3v) is 11.0. The van der Waals surface area contributed by atoms with Gasteiger partial charge in [0.15, 0.2) is 0 Å². The van der Waals surface area contributed by atoms with Gasteiger partial charge in [-0.3, -0.25) is 23.7 Å². The van der Waals surface area contributed by atoms with Gasteiger partial charge in [-0.2, -0.15) is 0 Å². The number of halogens is 1. The molecule has 7 nitrogen and oxygen atoms in total. The summed E-state index contributed by atoms with van der Waals surface area (Å²) >= 11 is 5.69. The monoisotopic (exact) mass is 675 g/mol. The third kappa shape index (κ3) is 5.52. The Balaban J connectivity index is 1.42. The van der Waals surface area contributed by atoms with Crippen molar-refractivity contribution in [2.75, 3.05) is 10.2 Å². The number of carbonyl (C=O) groups is 3. The van der Waals surface area contributed by atoms with Crippen LogP contribution in [0.1, 0.15) is 48.3 Å². The minimum absolute atomic E-state index is 0.0645. The van der Waals surface area contributed by atoms with E-state index in [9.17, 15) is 19.2 Å². The van der Waals surface area contributed by atoms with E-state index in [2.05, 4.69) is 54.2 Å². The molecule has 0 bridgehead atoms. The summed E-state index contributed by atoms with van der Waals surface area (Å²) in [5.74, 6) is -2.15. The van der Waals surface area contributed by atoms with Crippen LogP contribution in [0.2, 0.25) is 0 Å². The largest absolute Gasteiger partial charge is 0.325 e. The molecule has 3 amide bonds. The summed E-state index contributed by atoms with van der Waals surface area (Å²) in [5, 5.41) is 2.71. The zero-order valence-corrected chi connectivity index (χ0v) is 27.3. The number of nitrogens with zero attached hydrogens (tertiary/aromatic N) is 2. The lowest BCUT2D eigenvalue weighted by Crippen LogP contribution is -2.33. The highest BCUT2D eigenvalue weighted by Crippen LogP contribution is 2.54. The molecule has 2 aliphatic rings. The van der Waals surface area contributed by atoms with Crippen LogP contribution in [0.15, 0.2) is 87.1 Å². The molecule has 1 saturated heterocycles. The van der Waals surface area contributed by atoms with Crippen LogP contribution in [-0.2, 0) is 26.3 Å². The van der Waals surface area contributed by atoms with Crippen LogP contribution in [-0.4, -0.2) is 27.5 Å². The number of hydrogen-bond acceptors (Lipinski definition) is 6. The van der Waals surface area contributed by atoms with E-state index in [0.717, 1.165) is 32.5 Å². The maximum atomic E-state index is 14.1. The number of nitrogens with one attached hydrogen (secondary N) is 1. The van der Waals surface area contributed by atoms with Crippen LogP contribution in [0.5, 0.6) is 0 Å². The number of amides is 3. The van der Waals surface area contributed by atoms with Crippen LogP contribution in [0.3, 0.4) is 0 Å². The van der Waals surface area contributed by atoms with Crippen molar-refractivity contribution in [1.82, 2.24) is 4.57 Å². The highest BCUT2D eigenvalue weighted by atomic mass is 79.9. The first-order valence-electron chi connectivity index (χ1n) is 13.9. The van der Waals surface area contributed by atoms with Crippen molar-refractivity contribution in [2.45, 2.75) is 55.8 Å². The van der Waals surface area contributed by atoms with Crippen LogP contribution in [0.25, 0.3) is 0 Å². The van der Waals surface area contributed by atoms with E-state index in [1.54, 1.807) is 30.3 Å². The number of aryl methyl sites for hydroxylation is 1. The zero-order chi connectivity index (χ0) is 30.6. The highest BCUT2D eigenvalue weighted by molar-refractivity contribution is 9.10. The lowest BCUT2D eigenvalue weighted by molar-refractivity contribution is -0.122. The molecule has 0 radical (unpaired) electrons. The van der Waals surface area contributed by atoms with Gasteiger partial charge in [0, 0.05) is 21.0 Å². The van der Waals surface area contributed by atoms with Gasteiger partial charge in [-0.25, -0.2) is 4.90 Å². The Labute approximate surface area is 266 Å². The number of thioether (sulfide) groups is 1. The number of imide groups is 1. The second kappa shape index (κ2) is 11.2. The number of hydrogen-bond donors (Lipinski definition) is 1. The van der Waals surface area contributed by atoms with Gasteiger partial charge in [0.25, 0.3) is 0 Å². The first kappa shape index (κ1) is 29.6. The fraction of sp³-hybridized carbons (Fsp3) is 0.273. The molecule has 0 aliphatic carbocycles. The van der Waals surface area contributed by atoms with Gasteiger partial charge in [0.1, 0.15) is 11.8 Å². The maximum absolute atomic E-state index is 14.1. The summed E-state index contributed by atoms with van der Waals surface area (Å²) in [7, 11) is 0. The Hall–Kier alpha value is -3.47. The number of anilines is 2. The van der Waals surface area contributed by atoms with Crippen molar-refractivity contribution >= 4 is 68.1 Å². The van der Waals surface area contributed by atoms with Gasteiger partial charge in [0.05, 0.1) is 16.6 Å². The Morgan fingerprint density at radius 3 is 2.30 bits per heavy atom. The smallest absolute Gasteiger partial charge is 0.308 e. The SMILES string of the molecule is Cc1cccc(NC(=O)Cn2c3c(sc2=O)C(c2ccc(C(C)(C)C)cc2)C2C(=O)N(c4ccc(Br)cc4)C(=O)C2S3)c1. The molecule has 0 saturated carbocycles. The van der Waals surface area contributed by atoms with Crippen LogP contribution >= 0.6 is 39.0 Å². The number of carbonyl (C=O) groups excluding carboxylic acids is 3. The van der Waals surface area contributed by atoms with E-state index in [4.69, 9.17) is 0 Å². The van der Waals surface area contributed by atoms with Crippen molar-refractivity contribution in [1.29, 1.82) is 0 Å². The van der Waals surface area contributed by atoms with E-state index in [0.29, 0.717) is 21.3 Å². The van der Waals surface area contributed by atoms with Crippen LogP contribution in [0, 0.1) is 12.8 Å². The number of benzene rings is 3. The maximum Gasteiger partial charge on any atom is 0.308 e.